The minimum absolute atomic E-state index is 0.153. The Kier molecular flexibility index (Phi) is 6.17. The van der Waals surface area contributed by atoms with Gasteiger partial charge >= 0.3 is 12.1 Å². The summed E-state index contributed by atoms with van der Waals surface area (Å²) in [6.45, 7) is 1.80. The number of nitrogens with one attached hydrogen (secondary N) is 1. The molecule has 2 atom stereocenters. The number of thioether (sulfide) groups is 2. The van der Waals surface area contributed by atoms with Crippen LogP contribution >= 0.6 is 34.9 Å². The zero-order valence-electron chi connectivity index (χ0n) is 16.9. The molecule has 0 unspecified atom stereocenters. The summed E-state index contributed by atoms with van der Waals surface area (Å²) in [6.07, 6.45) is -4.69. The van der Waals surface area contributed by atoms with Crippen LogP contribution in [0.1, 0.15) is 21.2 Å². The van der Waals surface area contributed by atoms with Gasteiger partial charge in [0.1, 0.15) is 27.8 Å². The van der Waals surface area contributed by atoms with Gasteiger partial charge in [0, 0.05) is 24.6 Å². The molecule has 16 heteroatoms. The Morgan fingerprint density at radius 2 is 2.09 bits per heavy atom. The van der Waals surface area contributed by atoms with E-state index in [1.807, 2.05) is 0 Å². The third-order valence-electron chi connectivity index (χ3n) is 4.82. The topological polar surface area (TPSA) is 130 Å². The number of β-lactam (4-membered cyclic amide) rings is 1. The molecular weight excluding hydrogens is 505 g/mol. The summed E-state index contributed by atoms with van der Waals surface area (Å²) >= 11 is 3.94. The second-order valence-electron chi connectivity index (χ2n) is 7.03. The normalized spacial score (nSPS) is 20.5. The van der Waals surface area contributed by atoms with Gasteiger partial charge in [0.2, 0.25) is 0 Å². The fourth-order valence-electron chi connectivity index (χ4n) is 3.34. The molecule has 33 heavy (non-hydrogen) atoms. The standard InChI is InChI=1S/C17H15F3N6O4S3/c1-6-22-23-16(33-6)32-5-7-4-31-14-10(13(28)26(14)11(7)15(29)30)21-12(27)8-3-9(17(18,19)20)25(2)24-8/h3,10,14H,4-5H2,1-2H3,(H,21,27)(H,29,30)/t10-,14+/m0/s1. The number of carbonyl (C=O) groups excluding carboxylic acids is 2. The van der Waals surface area contributed by atoms with Gasteiger partial charge in [-0.05, 0) is 12.5 Å². The summed E-state index contributed by atoms with van der Waals surface area (Å²) in [5, 5.41) is 23.6. The Balaban J connectivity index is 1.48. The van der Waals surface area contributed by atoms with Gasteiger partial charge in [-0.25, -0.2) is 4.79 Å². The lowest BCUT2D eigenvalue weighted by Gasteiger charge is -2.49. The van der Waals surface area contributed by atoms with E-state index in [4.69, 9.17) is 0 Å². The lowest BCUT2D eigenvalue weighted by atomic mass is 10.0. The molecule has 2 amide bonds. The molecule has 0 bridgehead atoms. The van der Waals surface area contributed by atoms with Crippen LogP contribution in [0.4, 0.5) is 13.2 Å². The van der Waals surface area contributed by atoms with Crippen LogP contribution in [0.2, 0.25) is 0 Å². The number of aryl methyl sites for hydroxylation is 2. The number of rotatable bonds is 6. The van der Waals surface area contributed by atoms with Crippen molar-refractivity contribution in [2.24, 2.45) is 7.05 Å². The van der Waals surface area contributed by atoms with Crippen molar-refractivity contribution >= 4 is 52.6 Å². The number of hydrogen-bond donors (Lipinski definition) is 2. The first kappa shape index (κ1) is 23.6. The molecule has 0 spiro atoms. The molecule has 0 aliphatic carbocycles. The Morgan fingerprint density at radius 1 is 1.36 bits per heavy atom. The SMILES string of the molecule is Cc1nnc(SCC2=C(C(=O)O)N3C(=O)[C@H](NC(=O)c4cc(C(F)(F)F)n(C)n4)[C@H]3SC2)s1. The van der Waals surface area contributed by atoms with E-state index >= 15 is 0 Å². The van der Waals surface area contributed by atoms with Gasteiger partial charge in [-0.3, -0.25) is 19.2 Å². The van der Waals surface area contributed by atoms with Gasteiger partial charge in [-0.15, -0.1) is 22.0 Å². The maximum atomic E-state index is 13.0. The molecule has 1 fully saturated rings. The fourth-order valence-corrected chi connectivity index (χ4v) is 6.64. The van der Waals surface area contributed by atoms with Gasteiger partial charge in [0.05, 0.1) is 0 Å². The average molecular weight is 521 g/mol. The van der Waals surface area contributed by atoms with Crippen LogP contribution in [0, 0.1) is 6.92 Å². The van der Waals surface area contributed by atoms with Crippen LogP contribution in [0.5, 0.6) is 0 Å². The largest absolute Gasteiger partial charge is 0.477 e. The molecular formula is C17H15F3N6O4S3. The van der Waals surface area contributed by atoms with Crippen molar-refractivity contribution in [3.8, 4) is 0 Å². The average Bonchev–Trinajstić information content (AvgIpc) is 3.34. The molecule has 2 aromatic rings. The molecule has 2 N–H and O–H groups in total. The molecule has 1 saturated heterocycles. The first-order valence-corrected chi connectivity index (χ1v) is 12.1. The quantitative estimate of drug-likeness (QED) is 0.432. The second-order valence-corrected chi connectivity index (χ2v) is 10.5. The summed E-state index contributed by atoms with van der Waals surface area (Å²) in [5.74, 6) is -2.28. The van der Waals surface area contributed by atoms with Crippen molar-refractivity contribution < 1.29 is 32.7 Å². The maximum Gasteiger partial charge on any atom is 0.433 e. The Morgan fingerprint density at radius 3 is 2.67 bits per heavy atom. The van der Waals surface area contributed by atoms with E-state index in [-0.39, 0.29) is 5.70 Å². The van der Waals surface area contributed by atoms with Crippen LogP contribution < -0.4 is 5.32 Å². The molecule has 0 saturated carbocycles. The number of aromatic nitrogens is 4. The summed E-state index contributed by atoms with van der Waals surface area (Å²) in [5.41, 5.74) is -1.22. The highest BCUT2D eigenvalue weighted by Crippen LogP contribution is 2.42. The van der Waals surface area contributed by atoms with E-state index in [0.717, 1.165) is 17.0 Å². The highest BCUT2D eigenvalue weighted by Gasteiger charge is 2.54. The van der Waals surface area contributed by atoms with Gasteiger partial charge in [-0.1, -0.05) is 23.1 Å². The smallest absolute Gasteiger partial charge is 0.433 e. The number of halogens is 3. The fraction of sp³-hybridized carbons (Fsp3) is 0.412. The number of aliphatic carboxylic acids is 1. The molecule has 0 aromatic carbocycles. The first-order valence-electron chi connectivity index (χ1n) is 9.22. The molecule has 2 aliphatic rings. The zero-order valence-corrected chi connectivity index (χ0v) is 19.4. The number of carbonyl (C=O) groups is 3. The molecule has 4 rings (SSSR count). The van der Waals surface area contributed by atoms with Crippen molar-refractivity contribution in [3.63, 3.8) is 0 Å². The molecule has 176 valence electrons. The Labute approximate surface area is 196 Å². The number of alkyl halides is 3. The zero-order chi connectivity index (χ0) is 24.1. The molecule has 2 aliphatic heterocycles. The predicted molar refractivity (Wildman–Crippen MR) is 113 cm³/mol. The van der Waals surface area contributed by atoms with Crippen LogP contribution in [-0.4, -0.2) is 70.7 Å². The minimum atomic E-state index is -4.69. The van der Waals surface area contributed by atoms with E-state index in [2.05, 4.69) is 20.6 Å². The van der Waals surface area contributed by atoms with Crippen LogP contribution in [0.25, 0.3) is 0 Å². The minimum Gasteiger partial charge on any atom is -0.477 e. The van der Waals surface area contributed by atoms with Gasteiger partial charge in [0.25, 0.3) is 11.8 Å². The van der Waals surface area contributed by atoms with Crippen molar-refractivity contribution in [3.05, 3.63) is 33.7 Å². The maximum absolute atomic E-state index is 13.0. The number of nitrogens with zero attached hydrogens (tertiary/aromatic N) is 5. The number of amides is 2. The predicted octanol–water partition coefficient (Wildman–Crippen LogP) is 1.74. The monoisotopic (exact) mass is 520 g/mol. The second kappa shape index (κ2) is 8.64. The van der Waals surface area contributed by atoms with Crippen LogP contribution in [0.15, 0.2) is 21.7 Å². The van der Waals surface area contributed by atoms with Crippen molar-refractivity contribution in [1.29, 1.82) is 0 Å². The summed E-state index contributed by atoms with van der Waals surface area (Å²) < 4.78 is 40.1. The Hall–Kier alpha value is -2.59. The lowest BCUT2D eigenvalue weighted by molar-refractivity contribution is -0.148. The number of hydrogen-bond acceptors (Lipinski definition) is 9. The van der Waals surface area contributed by atoms with Crippen molar-refractivity contribution in [2.75, 3.05) is 11.5 Å². The van der Waals surface area contributed by atoms with Gasteiger partial charge in [0.15, 0.2) is 10.0 Å². The number of carboxylic acid groups (broad SMARTS) is 1. The van der Waals surface area contributed by atoms with E-state index in [1.54, 1.807) is 6.92 Å². The molecule has 10 nitrogen and oxygen atoms in total. The summed E-state index contributed by atoms with van der Waals surface area (Å²) in [6, 6.07) is -0.481. The van der Waals surface area contributed by atoms with Gasteiger partial charge < -0.3 is 10.4 Å². The molecule has 2 aromatic heterocycles. The third-order valence-corrected chi connectivity index (χ3v) is 8.21. The number of fused-ring (bicyclic) bond motifs is 1. The third kappa shape index (κ3) is 4.46. The summed E-state index contributed by atoms with van der Waals surface area (Å²) in [4.78, 5) is 38.1. The van der Waals surface area contributed by atoms with E-state index in [9.17, 15) is 32.7 Å². The van der Waals surface area contributed by atoms with Crippen LogP contribution in [-0.2, 0) is 22.8 Å². The Bertz CT molecular complexity index is 1180. The van der Waals surface area contributed by atoms with E-state index in [0.29, 0.717) is 32.2 Å². The highest BCUT2D eigenvalue weighted by molar-refractivity contribution is 8.01. The number of carboxylic acids is 1. The molecule has 0 radical (unpaired) electrons. The summed E-state index contributed by atoms with van der Waals surface area (Å²) in [7, 11) is 1.05. The van der Waals surface area contributed by atoms with Crippen molar-refractivity contribution in [1.82, 2.24) is 30.2 Å². The lowest BCUT2D eigenvalue weighted by Crippen LogP contribution is -2.70. The first-order chi connectivity index (χ1) is 15.5. The van der Waals surface area contributed by atoms with E-state index in [1.165, 1.54) is 34.9 Å². The van der Waals surface area contributed by atoms with E-state index < -0.39 is 46.8 Å². The molecule has 4 heterocycles. The van der Waals surface area contributed by atoms with Gasteiger partial charge in [-0.2, -0.15) is 18.3 Å². The van der Waals surface area contributed by atoms with Crippen LogP contribution in [0.3, 0.4) is 0 Å². The highest BCUT2D eigenvalue weighted by atomic mass is 32.2. The van der Waals surface area contributed by atoms with Crippen molar-refractivity contribution in [2.45, 2.75) is 28.9 Å².